The molecule has 3 heterocycles. The molecule has 2 aromatic heterocycles. The molecule has 0 radical (unpaired) electrons. The van der Waals surface area contributed by atoms with Gasteiger partial charge in [-0.25, -0.2) is 19.3 Å². The number of nitrogens with zero attached hydrogens (tertiary/aromatic N) is 4. The van der Waals surface area contributed by atoms with Gasteiger partial charge in [-0.05, 0) is 38.3 Å². The first-order valence-corrected chi connectivity index (χ1v) is 7.86. The number of aromatic nitrogens is 3. The number of carbonyl (C=O) groups excluding carboxylic acids is 1. The molecule has 7 nitrogen and oxygen atoms in total. The van der Waals surface area contributed by atoms with Crippen LogP contribution in [0.2, 0.25) is 0 Å². The van der Waals surface area contributed by atoms with Crippen molar-refractivity contribution in [2.45, 2.75) is 26.2 Å². The molecule has 126 valence electrons. The van der Waals surface area contributed by atoms with E-state index >= 15 is 0 Å². The molecule has 0 saturated carbocycles. The number of rotatable bonds is 4. The lowest BCUT2D eigenvalue weighted by molar-refractivity contribution is 0.0996. The summed E-state index contributed by atoms with van der Waals surface area (Å²) in [5.74, 6) is 0.199. The third kappa shape index (κ3) is 3.42. The highest BCUT2D eigenvalue weighted by atomic mass is 19.1. The van der Waals surface area contributed by atoms with Gasteiger partial charge in [-0.1, -0.05) is 0 Å². The van der Waals surface area contributed by atoms with E-state index in [1.54, 1.807) is 13.1 Å². The molecule has 24 heavy (non-hydrogen) atoms. The van der Waals surface area contributed by atoms with Crippen LogP contribution in [0.4, 0.5) is 21.8 Å². The number of carbonyl (C=O) groups is 1. The molecule has 0 atom stereocenters. The zero-order valence-corrected chi connectivity index (χ0v) is 13.4. The minimum Gasteiger partial charge on any atom is -0.364 e. The topological polar surface area (TPSA) is 97.0 Å². The second-order valence-corrected chi connectivity index (χ2v) is 5.73. The number of anilines is 3. The van der Waals surface area contributed by atoms with Crippen LogP contribution in [0.3, 0.4) is 0 Å². The number of pyridine rings is 1. The van der Waals surface area contributed by atoms with Crippen LogP contribution in [0.25, 0.3) is 0 Å². The minimum atomic E-state index is -0.686. The van der Waals surface area contributed by atoms with Crippen molar-refractivity contribution in [3.05, 3.63) is 35.5 Å². The van der Waals surface area contributed by atoms with Crippen LogP contribution in [0.5, 0.6) is 0 Å². The molecule has 0 unspecified atom stereocenters. The Balaban J connectivity index is 1.93. The zero-order valence-electron chi connectivity index (χ0n) is 13.4. The van der Waals surface area contributed by atoms with E-state index in [1.807, 2.05) is 0 Å². The number of hydrogen-bond acceptors (Lipinski definition) is 6. The molecule has 2 aromatic rings. The monoisotopic (exact) mass is 330 g/mol. The number of aryl methyl sites for hydroxylation is 1. The second kappa shape index (κ2) is 6.77. The van der Waals surface area contributed by atoms with Crippen LogP contribution < -0.4 is 16.0 Å². The third-order valence-electron chi connectivity index (χ3n) is 3.94. The standard InChI is InChI=1S/C16H19FN6O/c1-10-11(17)5-6-12(20-10)21-16-14(15(18)24)19-9-13(22-16)23-7-3-2-4-8-23/h5-6,9H,2-4,7-8H2,1H3,(H2,18,24)(H,20,21,22). The molecule has 1 aliphatic rings. The Morgan fingerprint density at radius 2 is 2.00 bits per heavy atom. The highest BCUT2D eigenvalue weighted by Crippen LogP contribution is 2.22. The SMILES string of the molecule is Cc1nc(Nc2nc(N3CCCCC3)cnc2C(N)=O)ccc1F. The molecule has 1 saturated heterocycles. The van der Waals surface area contributed by atoms with Gasteiger partial charge in [0, 0.05) is 13.1 Å². The molecular weight excluding hydrogens is 311 g/mol. The Bertz CT molecular complexity index is 760. The van der Waals surface area contributed by atoms with Gasteiger partial charge in [-0.3, -0.25) is 4.79 Å². The van der Waals surface area contributed by atoms with E-state index in [2.05, 4.69) is 25.2 Å². The number of amides is 1. The van der Waals surface area contributed by atoms with E-state index in [0.29, 0.717) is 11.6 Å². The van der Waals surface area contributed by atoms with Gasteiger partial charge in [0.1, 0.15) is 17.5 Å². The highest BCUT2D eigenvalue weighted by Gasteiger charge is 2.18. The molecule has 1 aliphatic heterocycles. The van der Waals surface area contributed by atoms with Crippen molar-refractivity contribution in [2.24, 2.45) is 5.73 Å². The smallest absolute Gasteiger partial charge is 0.271 e. The van der Waals surface area contributed by atoms with Crippen molar-refractivity contribution < 1.29 is 9.18 Å². The molecule has 8 heteroatoms. The summed E-state index contributed by atoms with van der Waals surface area (Å²) < 4.78 is 13.4. The van der Waals surface area contributed by atoms with Crippen LogP contribution in [-0.2, 0) is 0 Å². The normalized spacial score (nSPS) is 14.5. The van der Waals surface area contributed by atoms with Crippen LogP contribution in [0, 0.1) is 12.7 Å². The molecular formula is C16H19FN6O. The second-order valence-electron chi connectivity index (χ2n) is 5.73. The summed E-state index contributed by atoms with van der Waals surface area (Å²) in [5.41, 5.74) is 5.65. The molecule has 3 N–H and O–H groups in total. The number of nitrogens with one attached hydrogen (secondary N) is 1. The van der Waals surface area contributed by atoms with Gasteiger partial charge < -0.3 is 16.0 Å². The molecule has 0 aliphatic carbocycles. The van der Waals surface area contributed by atoms with Crippen molar-refractivity contribution in [3.8, 4) is 0 Å². The van der Waals surface area contributed by atoms with Crippen LogP contribution in [0.1, 0.15) is 35.4 Å². The Morgan fingerprint density at radius 1 is 1.25 bits per heavy atom. The van der Waals surface area contributed by atoms with E-state index in [-0.39, 0.29) is 17.2 Å². The predicted octanol–water partition coefficient (Wildman–Crippen LogP) is 2.15. The van der Waals surface area contributed by atoms with Crippen molar-refractivity contribution in [2.75, 3.05) is 23.3 Å². The molecule has 0 bridgehead atoms. The lowest BCUT2D eigenvalue weighted by atomic mass is 10.1. The predicted molar refractivity (Wildman–Crippen MR) is 88.8 cm³/mol. The largest absolute Gasteiger partial charge is 0.364 e. The zero-order chi connectivity index (χ0) is 17.1. The molecule has 1 amide bonds. The fourth-order valence-electron chi connectivity index (χ4n) is 2.66. The molecule has 1 fully saturated rings. The Labute approximate surface area is 139 Å². The fraction of sp³-hybridized carbons (Fsp3) is 0.375. The van der Waals surface area contributed by atoms with Crippen LogP contribution >= 0.6 is 0 Å². The summed E-state index contributed by atoms with van der Waals surface area (Å²) in [6.07, 6.45) is 4.95. The molecule has 3 rings (SSSR count). The number of nitrogens with two attached hydrogens (primary N) is 1. The first-order valence-electron chi connectivity index (χ1n) is 7.86. The maximum Gasteiger partial charge on any atom is 0.271 e. The summed E-state index contributed by atoms with van der Waals surface area (Å²) in [5, 5.41) is 2.92. The fourth-order valence-corrected chi connectivity index (χ4v) is 2.66. The maximum atomic E-state index is 13.4. The van der Waals surface area contributed by atoms with Gasteiger partial charge in [-0.2, -0.15) is 0 Å². The van der Waals surface area contributed by atoms with Crippen LogP contribution in [-0.4, -0.2) is 33.9 Å². The lowest BCUT2D eigenvalue weighted by Gasteiger charge is -2.27. The summed E-state index contributed by atoms with van der Waals surface area (Å²) >= 11 is 0. The summed E-state index contributed by atoms with van der Waals surface area (Å²) in [4.78, 5) is 26.4. The van der Waals surface area contributed by atoms with E-state index in [0.717, 1.165) is 25.9 Å². The maximum absolute atomic E-state index is 13.4. The van der Waals surface area contributed by atoms with Crippen molar-refractivity contribution in [1.82, 2.24) is 15.0 Å². The first kappa shape index (κ1) is 16.1. The van der Waals surface area contributed by atoms with Gasteiger partial charge in [-0.15, -0.1) is 0 Å². The van der Waals surface area contributed by atoms with E-state index < -0.39 is 11.7 Å². The summed E-state index contributed by atoms with van der Waals surface area (Å²) in [6, 6.07) is 2.78. The third-order valence-corrected chi connectivity index (χ3v) is 3.94. The Hall–Kier alpha value is -2.77. The van der Waals surface area contributed by atoms with Gasteiger partial charge >= 0.3 is 0 Å². The number of primary amides is 1. The van der Waals surface area contributed by atoms with Crippen molar-refractivity contribution in [1.29, 1.82) is 0 Å². The minimum absolute atomic E-state index is 0.0273. The molecule has 0 spiro atoms. The average Bonchev–Trinajstić information content (AvgIpc) is 2.59. The number of halogens is 1. The Kier molecular flexibility index (Phi) is 4.54. The number of piperidine rings is 1. The van der Waals surface area contributed by atoms with Gasteiger partial charge in [0.05, 0.1) is 11.9 Å². The first-order chi connectivity index (χ1) is 11.5. The summed E-state index contributed by atoms with van der Waals surface area (Å²) in [7, 11) is 0. The van der Waals surface area contributed by atoms with Gasteiger partial charge in [0.25, 0.3) is 5.91 Å². The van der Waals surface area contributed by atoms with Crippen molar-refractivity contribution >= 4 is 23.4 Å². The Morgan fingerprint density at radius 3 is 2.67 bits per heavy atom. The van der Waals surface area contributed by atoms with E-state index in [4.69, 9.17) is 5.73 Å². The molecule has 0 aromatic carbocycles. The van der Waals surface area contributed by atoms with Gasteiger partial charge in [0.15, 0.2) is 11.5 Å². The number of hydrogen-bond donors (Lipinski definition) is 2. The summed E-state index contributed by atoms with van der Waals surface area (Å²) in [6.45, 7) is 3.36. The quantitative estimate of drug-likeness (QED) is 0.891. The average molecular weight is 330 g/mol. The van der Waals surface area contributed by atoms with E-state index in [9.17, 15) is 9.18 Å². The van der Waals surface area contributed by atoms with E-state index in [1.165, 1.54) is 18.6 Å². The lowest BCUT2D eigenvalue weighted by Crippen LogP contribution is -2.31. The van der Waals surface area contributed by atoms with Gasteiger partial charge in [0.2, 0.25) is 0 Å². The van der Waals surface area contributed by atoms with Crippen molar-refractivity contribution in [3.63, 3.8) is 0 Å². The highest BCUT2D eigenvalue weighted by molar-refractivity contribution is 5.96. The van der Waals surface area contributed by atoms with Crippen LogP contribution in [0.15, 0.2) is 18.3 Å².